The number of hydrogen-bond donors (Lipinski definition) is 1. The van der Waals surface area contributed by atoms with Gasteiger partial charge in [-0.15, -0.1) is 0 Å². The lowest BCUT2D eigenvalue weighted by molar-refractivity contribution is 0.357. The highest BCUT2D eigenvalue weighted by Crippen LogP contribution is 2.43. The standard InChI is InChI=1S/C20H25N3S/c1-2-22-19(24)17-14-20(15-21,16-8-4-3-5-9-16)11-10-18(17)23-12-6-7-13-23/h3-5,8-9H,2,6-7,10-14H2,1H3,(H,22,24). The Balaban J connectivity index is 1.99. The third-order valence-corrected chi connectivity index (χ3v) is 5.65. The summed E-state index contributed by atoms with van der Waals surface area (Å²) in [7, 11) is 0. The molecule has 3 rings (SSSR count). The highest BCUT2D eigenvalue weighted by Gasteiger charge is 2.39. The van der Waals surface area contributed by atoms with Gasteiger partial charge in [-0.2, -0.15) is 5.26 Å². The molecule has 0 amide bonds. The van der Waals surface area contributed by atoms with Crippen LogP contribution >= 0.6 is 12.2 Å². The van der Waals surface area contributed by atoms with Gasteiger partial charge >= 0.3 is 0 Å². The predicted octanol–water partition coefficient (Wildman–Crippen LogP) is 3.92. The van der Waals surface area contributed by atoms with Gasteiger partial charge in [-0.1, -0.05) is 42.5 Å². The maximum absolute atomic E-state index is 10.0. The minimum Gasteiger partial charge on any atom is -0.376 e. The Morgan fingerprint density at radius 2 is 2.00 bits per heavy atom. The number of hydrogen-bond acceptors (Lipinski definition) is 3. The van der Waals surface area contributed by atoms with Crippen molar-refractivity contribution >= 4 is 17.2 Å². The summed E-state index contributed by atoms with van der Waals surface area (Å²) < 4.78 is 0. The number of nitrogens with zero attached hydrogens (tertiary/aromatic N) is 2. The third-order valence-electron chi connectivity index (χ3n) is 5.26. The zero-order chi connectivity index (χ0) is 17.0. The van der Waals surface area contributed by atoms with Gasteiger partial charge in [0.2, 0.25) is 0 Å². The van der Waals surface area contributed by atoms with Gasteiger partial charge in [-0.3, -0.25) is 0 Å². The molecule has 3 nitrogen and oxygen atoms in total. The van der Waals surface area contributed by atoms with Gasteiger partial charge in [0.05, 0.1) is 11.5 Å². The molecular weight excluding hydrogens is 314 g/mol. The van der Waals surface area contributed by atoms with Crippen molar-refractivity contribution in [2.24, 2.45) is 0 Å². The van der Waals surface area contributed by atoms with Crippen molar-refractivity contribution in [1.29, 1.82) is 5.26 Å². The molecule has 4 heteroatoms. The molecule has 0 spiro atoms. The number of benzene rings is 1. The first-order chi connectivity index (χ1) is 11.7. The second-order valence-electron chi connectivity index (χ2n) is 6.72. The van der Waals surface area contributed by atoms with E-state index in [-0.39, 0.29) is 0 Å². The molecule has 1 fully saturated rings. The largest absolute Gasteiger partial charge is 0.376 e. The molecule has 2 aliphatic rings. The monoisotopic (exact) mass is 339 g/mol. The number of nitriles is 1. The van der Waals surface area contributed by atoms with E-state index in [1.807, 2.05) is 18.2 Å². The van der Waals surface area contributed by atoms with Gasteiger partial charge in [-0.25, -0.2) is 0 Å². The minimum atomic E-state index is -0.459. The van der Waals surface area contributed by atoms with E-state index < -0.39 is 5.41 Å². The summed E-state index contributed by atoms with van der Waals surface area (Å²) in [5.74, 6) is 0. The van der Waals surface area contributed by atoms with Gasteiger partial charge in [0.1, 0.15) is 4.99 Å². The molecule has 1 unspecified atom stereocenters. The summed E-state index contributed by atoms with van der Waals surface area (Å²) in [6.45, 7) is 5.14. The van der Waals surface area contributed by atoms with Crippen LogP contribution in [0.3, 0.4) is 0 Å². The van der Waals surface area contributed by atoms with Gasteiger partial charge < -0.3 is 10.2 Å². The number of rotatable bonds is 4. The average molecular weight is 340 g/mol. The Morgan fingerprint density at radius 1 is 1.29 bits per heavy atom. The molecule has 24 heavy (non-hydrogen) atoms. The van der Waals surface area contributed by atoms with E-state index in [2.05, 4.69) is 35.3 Å². The minimum absolute atomic E-state index is 0.459. The van der Waals surface area contributed by atoms with Gasteiger partial charge in [0.15, 0.2) is 0 Å². The van der Waals surface area contributed by atoms with Crippen LogP contribution in [0.5, 0.6) is 0 Å². The second-order valence-corrected chi connectivity index (χ2v) is 7.12. The first kappa shape index (κ1) is 17.0. The van der Waals surface area contributed by atoms with Crippen molar-refractivity contribution in [3.63, 3.8) is 0 Å². The molecule has 1 aliphatic heterocycles. The van der Waals surface area contributed by atoms with E-state index >= 15 is 0 Å². The van der Waals surface area contributed by atoms with Crippen LogP contribution in [0.25, 0.3) is 0 Å². The van der Waals surface area contributed by atoms with Gasteiger partial charge in [-0.05, 0) is 44.6 Å². The maximum atomic E-state index is 10.0. The van der Waals surface area contributed by atoms with E-state index in [1.54, 1.807) is 0 Å². The molecule has 1 atom stereocenters. The summed E-state index contributed by atoms with van der Waals surface area (Å²) in [4.78, 5) is 3.32. The zero-order valence-electron chi connectivity index (χ0n) is 14.3. The fraction of sp³-hybridized carbons (Fsp3) is 0.500. The van der Waals surface area contributed by atoms with Crippen LogP contribution in [-0.2, 0) is 5.41 Å². The Labute approximate surface area is 150 Å². The van der Waals surface area contributed by atoms with E-state index in [0.29, 0.717) is 6.42 Å². The summed E-state index contributed by atoms with van der Waals surface area (Å²) in [6.07, 6.45) is 5.03. The fourth-order valence-electron chi connectivity index (χ4n) is 3.95. The molecule has 1 aromatic rings. The van der Waals surface area contributed by atoms with E-state index in [4.69, 9.17) is 12.2 Å². The van der Waals surface area contributed by atoms with Gasteiger partial charge in [0, 0.05) is 30.9 Å². The van der Waals surface area contributed by atoms with Crippen LogP contribution in [0.15, 0.2) is 41.6 Å². The molecule has 126 valence electrons. The van der Waals surface area contributed by atoms with Crippen molar-refractivity contribution < 1.29 is 0 Å². The van der Waals surface area contributed by atoms with Gasteiger partial charge in [0.25, 0.3) is 0 Å². The SMILES string of the molecule is CCNC(=S)C1=C(N2CCCC2)CCC(C#N)(c2ccccc2)C1. The summed E-state index contributed by atoms with van der Waals surface area (Å²) in [5.41, 5.74) is 3.22. The zero-order valence-corrected chi connectivity index (χ0v) is 15.2. The highest BCUT2D eigenvalue weighted by molar-refractivity contribution is 7.80. The van der Waals surface area contributed by atoms with Crippen molar-refractivity contribution in [2.45, 2.75) is 44.4 Å². The molecule has 1 aliphatic carbocycles. The Bertz CT molecular complexity index is 668. The number of likely N-dealkylation sites (tertiary alicyclic amines) is 1. The highest BCUT2D eigenvalue weighted by atomic mass is 32.1. The van der Waals surface area contributed by atoms with Crippen molar-refractivity contribution in [3.05, 3.63) is 47.2 Å². The normalized spacial score (nSPS) is 23.9. The molecular formula is C20H25N3S. The summed E-state index contributed by atoms with van der Waals surface area (Å²) in [5, 5.41) is 13.3. The third kappa shape index (κ3) is 3.18. The second kappa shape index (κ2) is 7.36. The smallest absolute Gasteiger partial charge is 0.104 e. The van der Waals surface area contributed by atoms with E-state index in [9.17, 15) is 5.26 Å². The topological polar surface area (TPSA) is 39.1 Å². The van der Waals surface area contributed by atoms with Crippen molar-refractivity contribution in [2.75, 3.05) is 19.6 Å². The summed E-state index contributed by atoms with van der Waals surface area (Å²) >= 11 is 5.68. The molecule has 1 aromatic carbocycles. The number of nitrogens with one attached hydrogen (secondary N) is 1. The molecule has 0 aromatic heterocycles. The Morgan fingerprint density at radius 3 is 2.62 bits per heavy atom. The molecule has 0 bridgehead atoms. The predicted molar refractivity (Wildman–Crippen MR) is 102 cm³/mol. The first-order valence-electron chi connectivity index (χ1n) is 8.92. The molecule has 1 N–H and O–H groups in total. The van der Waals surface area contributed by atoms with Crippen molar-refractivity contribution in [1.82, 2.24) is 10.2 Å². The Kier molecular flexibility index (Phi) is 5.20. The lowest BCUT2D eigenvalue weighted by atomic mass is 9.69. The number of thiocarbonyl (C=S) groups is 1. The van der Waals surface area contributed by atoms with Crippen LogP contribution in [0.1, 0.15) is 44.6 Å². The maximum Gasteiger partial charge on any atom is 0.104 e. The number of allylic oxidation sites excluding steroid dienone is 1. The lowest BCUT2D eigenvalue weighted by Crippen LogP contribution is -2.37. The quantitative estimate of drug-likeness (QED) is 0.844. The molecule has 0 radical (unpaired) electrons. The van der Waals surface area contributed by atoms with E-state index in [1.165, 1.54) is 24.1 Å². The molecule has 0 saturated carbocycles. The molecule has 1 heterocycles. The average Bonchev–Trinajstić information content (AvgIpc) is 3.16. The summed E-state index contributed by atoms with van der Waals surface area (Å²) in [6, 6.07) is 12.8. The fourth-order valence-corrected chi connectivity index (χ4v) is 4.29. The van der Waals surface area contributed by atoms with Crippen LogP contribution in [0, 0.1) is 11.3 Å². The number of likely N-dealkylation sites (N-methyl/N-ethyl adjacent to an activating group) is 1. The van der Waals surface area contributed by atoms with Crippen molar-refractivity contribution in [3.8, 4) is 6.07 Å². The van der Waals surface area contributed by atoms with E-state index in [0.717, 1.165) is 43.0 Å². The first-order valence-corrected chi connectivity index (χ1v) is 9.33. The molecule has 1 saturated heterocycles. The Hall–Kier alpha value is -1.86. The van der Waals surface area contributed by atoms with Crippen LogP contribution < -0.4 is 5.32 Å². The van der Waals surface area contributed by atoms with Crippen LogP contribution in [0.2, 0.25) is 0 Å². The van der Waals surface area contributed by atoms with Crippen LogP contribution in [-0.4, -0.2) is 29.5 Å². The van der Waals surface area contributed by atoms with Crippen LogP contribution in [0.4, 0.5) is 0 Å². The lowest BCUT2D eigenvalue weighted by Gasteiger charge is -2.38.